The Hall–Kier alpha value is -1.61. The van der Waals surface area contributed by atoms with Crippen LogP contribution in [0.25, 0.3) is 0 Å². The summed E-state index contributed by atoms with van der Waals surface area (Å²) in [4.78, 5) is 19.9. The molecule has 1 heterocycles. The number of carbonyl (C=O) groups excluding carboxylic acids is 1. The Morgan fingerprint density at radius 3 is 2.83 bits per heavy atom. The number of aryl methyl sites for hydroxylation is 2. The first-order valence-corrected chi connectivity index (χ1v) is 6.76. The van der Waals surface area contributed by atoms with E-state index in [0.29, 0.717) is 33.9 Å². The Balaban J connectivity index is 2.03. The van der Waals surface area contributed by atoms with Gasteiger partial charge < -0.3 is 5.32 Å². The van der Waals surface area contributed by atoms with E-state index in [2.05, 4.69) is 21.4 Å². The summed E-state index contributed by atoms with van der Waals surface area (Å²) in [6.07, 6.45) is 2.15. The normalized spacial score (nSPS) is 14.1. The third-order valence-electron chi connectivity index (χ3n) is 2.56. The van der Waals surface area contributed by atoms with Crippen LogP contribution in [0.1, 0.15) is 29.9 Å². The van der Waals surface area contributed by atoms with Crippen molar-refractivity contribution in [3.8, 4) is 6.07 Å². The first kappa shape index (κ1) is 12.8. The number of amides is 1. The standard InChI is InChI=1S/C12H14N4OS/c1-7-10(5-13)12(15-8(2)14-7)18-6-11(17)16-9-3-4-9/h9H,3-4,6H2,1-2H3,(H,16,17). The van der Waals surface area contributed by atoms with Gasteiger partial charge in [-0.05, 0) is 26.7 Å². The van der Waals surface area contributed by atoms with Crippen molar-refractivity contribution in [2.24, 2.45) is 0 Å². The second-order valence-corrected chi connectivity index (χ2v) is 5.24. The summed E-state index contributed by atoms with van der Waals surface area (Å²) in [5.41, 5.74) is 1.12. The van der Waals surface area contributed by atoms with Gasteiger partial charge in [-0.2, -0.15) is 5.26 Å². The Bertz CT molecular complexity index is 520. The molecular formula is C12H14N4OS. The average molecular weight is 262 g/mol. The molecule has 5 nitrogen and oxygen atoms in total. The zero-order valence-corrected chi connectivity index (χ0v) is 11.2. The molecule has 1 fully saturated rings. The lowest BCUT2D eigenvalue weighted by molar-refractivity contribution is -0.118. The van der Waals surface area contributed by atoms with Gasteiger partial charge in [0.05, 0.1) is 11.4 Å². The molecule has 0 aromatic carbocycles. The van der Waals surface area contributed by atoms with Crippen LogP contribution in [0.5, 0.6) is 0 Å². The van der Waals surface area contributed by atoms with Crippen molar-refractivity contribution in [2.75, 3.05) is 5.75 Å². The van der Waals surface area contributed by atoms with Crippen molar-refractivity contribution >= 4 is 17.7 Å². The molecule has 0 atom stereocenters. The molecule has 6 heteroatoms. The number of carbonyl (C=O) groups is 1. The van der Waals surface area contributed by atoms with Gasteiger partial charge in [0.1, 0.15) is 22.5 Å². The second-order valence-electron chi connectivity index (χ2n) is 4.28. The zero-order valence-electron chi connectivity index (χ0n) is 10.4. The lowest BCUT2D eigenvalue weighted by Crippen LogP contribution is -2.27. The second kappa shape index (κ2) is 5.36. The Morgan fingerprint density at radius 2 is 2.22 bits per heavy atom. The molecule has 0 saturated heterocycles. The molecule has 94 valence electrons. The van der Waals surface area contributed by atoms with Gasteiger partial charge in [-0.3, -0.25) is 4.79 Å². The maximum Gasteiger partial charge on any atom is 0.230 e. The van der Waals surface area contributed by atoms with Crippen molar-refractivity contribution in [1.29, 1.82) is 5.26 Å². The number of hydrogen-bond acceptors (Lipinski definition) is 5. The number of aromatic nitrogens is 2. The van der Waals surface area contributed by atoms with E-state index in [1.54, 1.807) is 13.8 Å². The molecule has 1 amide bonds. The minimum atomic E-state index is 0.000285. The lowest BCUT2D eigenvalue weighted by Gasteiger charge is -2.06. The number of nitrogens with one attached hydrogen (secondary N) is 1. The summed E-state index contributed by atoms with van der Waals surface area (Å²) in [5.74, 6) is 0.915. The van der Waals surface area contributed by atoms with E-state index in [4.69, 9.17) is 5.26 Å². The van der Waals surface area contributed by atoms with Crippen molar-refractivity contribution in [2.45, 2.75) is 37.8 Å². The summed E-state index contributed by atoms with van der Waals surface area (Å²) in [7, 11) is 0. The lowest BCUT2D eigenvalue weighted by atomic mass is 10.3. The van der Waals surface area contributed by atoms with Crippen LogP contribution in [0, 0.1) is 25.2 Å². The minimum absolute atomic E-state index is 0.000285. The Kier molecular flexibility index (Phi) is 3.82. The molecule has 1 aromatic rings. The smallest absolute Gasteiger partial charge is 0.230 e. The predicted molar refractivity (Wildman–Crippen MR) is 68.1 cm³/mol. The highest BCUT2D eigenvalue weighted by atomic mass is 32.2. The van der Waals surface area contributed by atoms with Crippen molar-refractivity contribution in [3.63, 3.8) is 0 Å². The van der Waals surface area contributed by atoms with Crippen molar-refractivity contribution in [1.82, 2.24) is 15.3 Å². The highest BCUT2D eigenvalue weighted by Gasteiger charge is 2.23. The number of rotatable bonds is 4. The van der Waals surface area contributed by atoms with Gasteiger partial charge in [0.25, 0.3) is 0 Å². The Morgan fingerprint density at radius 1 is 1.50 bits per heavy atom. The summed E-state index contributed by atoms with van der Waals surface area (Å²) >= 11 is 1.29. The molecule has 18 heavy (non-hydrogen) atoms. The fraction of sp³-hybridized carbons (Fsp3) is 0.500. The summed E-state index contributed by atoms with van der Waals surface area (Å²) in [5, 5.41) is 12.6. The highest BCUT2D eigenvalue weighted by Crippen LogP contribution is 2.23. The number of nitriles is 1. The molecule has 0 unspecified atom stereocenters. The molecular weight excluding hydrogens is 248 g/mol. The molecule has 1 aliphatic carbocycles. The van der Waals surface area contributed by atoms with Gasteiger partial charge in [0.15, 0.2) is 0 Å². The molecule has 2 rings (SSSR count). The Labute approximate surface area is 110 Å². The van der Waals surface area contributed by atoms with Crippen LogP contribution >= 0.6 is 11.8 Å². The number of hydrogen-bond donors (Lipinski definition) is 1. The van der Waals surface area contributed by atoms with Crippen LogP contribution in [-0.4, -0.2) is 27.7 Å². The van der Waals surface area contributed by atoms with Gasteiger partial charge in [-0.1, -0.05) is 11.8 Å². The van der Waals surface area contributed by atoms with Crippen LogP contribution < -0.4 is 5.32 Å². The van der Waals surface area contributed by atoms with E-state index in [1.165, 1.54) is 11.8 Å². The van der Waals surface area contributed by atoms with Crippen LogP contribution in [-0.2, 0) is 4.79 Å². The molecule has 1 N–H and O–H groups in total. The molecule has 0 bridgehead atoms. The van der Waals surface area contributed by atoms with Crippen molar-refractivity contribution < 1.29 is 4.79 Å². The molecule has 0 spiro atoms. The van der Waals surface area contributed by atoms with Gasteiger partial charge >= 0.3 is 0 Å². The molecule has 0 aliphatic heterocycles. The summed E-state index contributed by atoms with van der Waals surface area (Å²) in [6, 6.07) is 2.45. The largest absolute Gasteiger partial charge is 0.353 e. The van der Waals surface area contributed by atoms with E-state index in [1.807, 2.05) is 0 Å². The van der Waals surface area contributed by atoms with Gasteiger partial charge in [0, 0.05) is 6.04 Å². The highest BCUT2D eigenvalue weighted by molar-refractivity contribution is 8.00. The molecule has 0 radical (unpaired) electrons. The molecule has 1 aromatic heterocycles. The van der Waals surface area contributed by atoms with Crippen LogP contribution in [0.2, 0.25) is 0 Å². The van der Waals surface area contributed by atoms with Crippen molar-refractivity contribution in [3.05, 3.63) is 17.1 Å². The maximum atomic E-state index is 11.6. The first-order valence-electron chi connectivity index (χ1n) is 5.77. The first-order chi connectivity index (χ1) is 8.60. The van der Waals surface area contributed by atoms with Crippen LogP contribution in [0.3, 0.4) is 0 Å². The van der Waals surface area contributed by atoms with E-state index in [-0.39, 0.29) is 5.91 Å². The topological polar surface area (TPSA) is 78.7 Å². The number of thioether (sulfide) groups is 1. The quantitative estimate of drug-likeness (QED) is 0.654. The SMILES string of the molecule is Cc1nc(C)c(C#N)c(SCC(=O)NC2CC2)n1. The average Bonchev–Trinajstić information content (AvgIpc) is 3.09. The predicted octanol–water partition coefficient (Wildman–Crippen LogP) is 1.34. The molecule has 1 aliphatic rings. The van der Waals surface area contributed by atoms with E-state index in [0.717, 1.165) is 12.8 Å². The van der Waals surface area contributed by atoms with Gasteiger partial charge in [0.2, 0.25) is 5.91 Å². The minimum Gasteiger partial charge on any atom is -0.353 e. The van der Waals surface area contributed by atoms with Gasteiger partial charge in [-0.15, -0.1) is 0 Å². The zero-order chi connectivity index (χ0) is 13.1. The summed E-state index contributed by atoms with van der Waals surface area (Å²) in [6.45, 7) is 3.56. The van der Waals surface area contributed by atoms with E-state index in [9.17, 15) is 4.79 Å². The van der Waals surface area contributed by atoms with E-state index < -0.39 is 0 Å². The fourth-order valence-corrected chi connectivity index (χ4v) is 2.43. The number of nitrogens with zero attached hydrogens (tertiary/aromatic N) is 3. The van der Waals surface area contributed by atoms with Crippen LogP contribution in [0.4, 0.5) is 0 Å². The monoisotopic (exact) mass is 262 g/mol. The third-order valence-corrected chi connectivity index (χ3v) is 3.54. The summed E-state index contributed by atoms with van der Waals surface area (Å²) < 4.78 is 0. The fourth-order valence-electron chi connectivity index (χ4n) is 1.55. The third kappa shape index (κ3) is 3.20. The van der Waals surface area contributed by atoms with Crippen LogP contribution in [0.15, 0.2) is 5.03 Å². The van der Waals surface area contributed by atoms with Gasteiger partial charge in [-0.25, -0.2) is 9.97 Å². The van der Waals surface area contributed by atoms with E-state index >= 15 is 0 Å². The molecule has 1 saturated carbocycles. The maximum absolute atomic E-state index is 11.6.